The topological polar surface area (TPSA) is 65.0 Å². The lowest BCUT2D eigenvalue weighted by atomic mass is 9.64. The average molecular weight is 687 g/mol. The van der Waals surface area contributed by atoms with Crippen molar-refractivity contribution in [2.24, 2.45) is 29.1 Å². The first-order valence-electron chi connectivity index (χ1n) is 18.1. The SMILES string of the molecule is CC1=C[C@H]2[C@@]3(OCOCC[Si](C)(C)C)CC[C@@H]4[C@H]([C@@H]3C=C(CO[Si](c3ccccc3)(c3ccccc3)C(C)(C)C)C[C@]2(O)C1=O)C4(C)C. The van der Waals surface area contributed by atoms with Gasteiger partial charge in [0.25, 0.3) is 8.32 Å². The molecule has 0 heterocycles. The molecule has 5 nitrogen and oxygen atoms in total. The van der Waals surface area contributed by atoms with Crippen LogP contribution in [-0.4, -0.2) is 58.5 Å². The van der Waals surface area contributed by atoms with Crippen LogP contribution in [0, 0.1) is 29.1 Å². The highest BCUT2D eigenvalue weighted by molar-refractivity contribution is 6.99. The van der Waals surface area contributed by atoms with Gasteiger partial charge in [0.15, 0.2) is 5.78 Å². The van der Waals surface area contributed by atoms with E-state index < -0.39 is 33.5 Å². The predicted octanol–water partition coefficient (Wildman–Crippen LogP) is 7.52. The normalized spacial score (nSPS) is 31.2. The molecule has 7 heteroatoms. The Bertz CT molecular complexity index is 1510. The molecule has 1 N–H and O–H groups in total. The van der Waals surface area contributed by atoms with Crippen LogP contribution in [0.5, 0.6) is 0 Å². The molecule has 2 aromatic rings. The van der Waals surface area contributed by atoms with Crippen molar-refractivity contribution >= 4 is 32.5 Å². The molecule has 2 saturated carbocycles. The zero-order chi connectivity index (χ0) is 34.8. The van der Waals surface area contributed by atoms with Crippen LogP contribution in [0.2, 0.25) is 30.7 Å². The molecule has 0 bridgehead atoms. The molecule has 260 valence electrons. The van der Waals surface area contributed by atoms with Crippen molar-refractivity contribution in [3.8, 4) is 0 Å². The number of rotatable bonds is 11. The summed E-state index contributed by atoms with van der Waals surface area (Å²) in [6.45, 7) is 21.8. The van der Waals surface area contributed by atoms with E-state index in [2.05, 4.69) is 121 Å². The third-order valence-electron chi connectivity index (χ3n) is 12.4. The van der Waals surface area contributed by atoms with E-state index in [1.54, 1.807) is 0 Å². The molecule has 48 heavy (non-hydrogen) atoms. The standard InChI is InChI=1S/C41H58O5Si2/c1-29-24-35-40(43,37(29)42)26-30(27-46-48(38(2,3)4,31-16-12-10-13-17-31)32-18-14-11-15-19-32)25-34-36-33(39(36,5)6)20-21-41(34,35)45-28-44-22-23-47(7,8)9/h10-19,24-25,33-36,43H,20-23,26-28H2,1-9H3/t33-,34+,35-,36-,40-,41-/m1/s1. The fourth-order valence-corrected chi connectivity index (χ4v) is 15.1. The first-order chi connectivity index (χ1) is 22.5. The van der Waals surface area contributed by atoms with E-state index in [0.717, 1.165) is 24.5 Å². The van der Waals surface area contributed by atoms with Crippen LogP contribution in [0.1, 0.15) is 60.8 Å². The summed E-state index contributed by atoms with van der Waals surface area (Å²) in [6.07, 6.45) is 6.49. The second-order valence-electron chi connectivity index (χ2n) is 18.0. The highest BCUT2D eigenvalue weighted by Crippen LogP contribution is 2.72. The number of ketones is 1. The number of carbonyl (C=O) groups excluding carboxylic acids is 1. The van der Waals surface area contributed by atoms with Crippen molar-refractivity contribution in [2.75, 3.05) is 20.0 Å². The summed E-state index contributed by atoms with van der Waals surface area (Å²) in [4.78, 5) is 14.0. The van der Waals surface area contributed by atoms with Crippen LogP contribution in [0.15, 0.2) is 84.0 Å². The van der Waals surface area contributed by atoms with Crippen LogP contribution in [0.25, 0.3) is 0 Å². The molecule has 0 aromatic heterocycles. The summed E-state index contributed by atoms with van der Waals surface area (Å²) in [5.74, 6) is 0.420. The molecule has 6 rings (SSSR count). The smallest absolute Gasteiger partial charge is 0.261 e. The largest absolute Gasteiger partial charge is 0.403 e. The minimum atomic E-state index is -2.85. The Kier molecular flexibility index (Phi) is 9.35. The molecule has 6 atom stereocenters. The molecule has 2 aromatic carbocycles. The maximum Gasteiger partial charge on any atom is 0.261 e. The van der Waals surface area contributed by atoms with Gasteiger partial charge in [-0.1, -0.05) is 127 Å². The molecule has 0 unspecified atom stereocenters. The van der Waals surface area contributed by atoms with E-state index >= 15 is 0 Å². The Labute approximate surface area is 291 Å². The average Bonchev–Trinajstić information content (AvgIpc) is 3.54. The molecular weight excluding hydrogens is 629 g/mol. The molecule has 4 aliphatic carbocycles. The second-order valence-corrected chi connectivity index (χ2v) is 27.9. The summed E-state index contributed by atoms with van der Waals surface area (Å²) in [5.41, 5.74) is -0.502. The van der Waals surface area contributed by atoms with Gasteiger partial charge in [-0.25, -0.2) is 0 Å². The van der Waals surface area contributed by atoms with Crippen molar-refractivity contribution in [1.29, 1.82) is 0 Å². The van der Waals surface area contributed by atoms with Gasteiger partial charge >= 0.3 is 0 Å². The van der Waals surface area contributed by atoms with Crippen LogP contribution in [0.3, 0.4) is 0 Å². The van der Waals surface area contributed by atoms with Crippen LogP contribution in [0.4, 0.5) is 0 Å². The van der Waals surface area contributed by atoms with Gasteiger partial charge in [-0.2, -0.15) is 0 Å². The fraction of sp³-hybridized carbons (Fsp3) is 0.585. The molecule has 0 radical (unpaired) electrons. The van der Waals surface area contributed by atoms with Gasteiger partial charge in [-0.05, 0) is 69.6 Å². The highest BCUT2D eigenvalue weighted by atomic mass is 28.4. The summed E-state index contributed by atoms with van der Waals surface area (Å²) in [7, 11) is -4.11. The lowest BCUT2D eigenvalue weighted by Crippen LogP contribution is -2.66. The number of fused-ring (bicyclic) bond motifs is 5. The quantitative estimate of drug-likeness (QED) is 0.115. The number of carbonyl (C=O) groups is 1. The van der Waals surface area contributed by atoms with Crippen molar-refractivity contribution in [2.45, 2.75) is 103 Å². The number of ether oxygens (including phenoxy) is 2. The van der Waals surface area contributed by atoms with Crippen LogP contribution in [-0.2, 0) is 18.7 Å². The molecular formula is C41H58O5Si2. The van der Waals surface area contributed by atoms with Gasteiger partial charge < -0.3 is 19.0 Å². The van der Waals surface area contributed by atoms with Gasteiger partial charge in [-0.15, -0.1) is 0 Å². The molecule has 4 aliphatic rings. The molecule has 0 spiro atoms. The molecule has 0 aliphatic heterocycles. The maximum atomic E-state index is 14.0. The van der Waals surface area contributed by atoms with E-state index in [0.29, 0.717) is 30.6 Å². The lowest BCUT2D eigenvalue weighted by molar-refractivity contribution is -0.212. The third kappa shape index (κ3) is 6.00. The summed E-state index contributed by atoms with van der Waals surface area (Å²) >= 11 is 0. The molecule has 2 fully saturated rings. The number of hydrogen-bond donors (Lipinski definition) is 1. The van der Waals surface area contributed by atoms with Crippen molar-refractivity contribution in [3.63, 3.8) is 0 Å². The van der Waals surface area contributed by atoms with Crippen LogP contribution >= 0.6 is 0 Å². The second kappa shape index (κ2) is 12.6. The summed E-state index contributed by atoms with van der Waals surface area (Å²) in [6, 6.07) is 22.5. The van der Waals surface area contributed by atoms with E-state index in [4.69, 9.17) is 13.9 Å². The van der Waals surface area contributed by atoms with Gasteiger partial charge in [0.05, 0.1) is 12.2 Å². The van der Waals surface area contributed by atoms with Crippen molar-refractivity contribution in [3.05, 3.63) is 84.0 Å². The predicted molar refractivity (Wildman–Crippen MR) is 200 cm³/mol. The Hall–Kier alpha value is -2.14. The van der Waals surface area contributed by atoms with E-state index in [9.17, 15) is 9.90 Å². The fourth-order valence-electron chi connectivity index (χ4n) is 9.76. The van der Waals surface area contributed by atoms with E-state index in [-0.39, 0.29) is 35.4 Å². The summed E-state index contributed by atoms with van der Waals surface area (Å²) in [5, 5.41) is 14.9. The van der Waals surface area contributed by atoms with Gasteiger partial charge in [0, 0.05) is 32.9 Å². The monoisotopic (exact) mass is 686 g/mol. The van der Waals surface area contributed by atoms with Crippen LogP contribution < -0.4 is 10.4 Å². The Morgan fingerprint density at radius 1 is 0.938 bits per heavy atom. The number of Topliss-reactive ketones (excluding diaryl/α,β-unsaturated/α-hetero) is 1. The lowest BCUT2D eigenvalue weighted by Gasteiger charge is -2.48. The Morgan fingerprint density at radius 2 is 1.54 bits per heavy atom. The van der Waals surface area contributed by atoms with Crippen molar-refractivity contribution < 1.29 is 23.8 Å². The van der Waals surface area contributed by atoms with Gasteiger partial charge in [-0.3, -0.25) is 4.79 Å². The molecule has 0 saturated heterocycles. The zero-order valence-corrected chi connectivity index (χ0v) is 32.8. The van der Waals surface area contributed by atoms with Gasteiger partial charge in [0.1, 0.15) is 12.4 Å². The minimum absolute atomic E-state index is 0.0403. The number of benzene rings is 2. The Balaban J connectivity index is 1.42. The number of aliphatic hydroxyl groups is 1. The van der Waals surface area contributed by atoms with Crippen molar-refractivity contribution in [1.82, 2.24) is 0 Å². The first-order valence-corrected chi connectivity index (χ1v) is 23.7. The van der Waals surface area contributed by atoms with E-state index in [1.165, 1.54) is 10.4 Å². The van der Waals surface area contributed by atoms with E-state index in [1.807, 2.05) is 13.0 Å². The summed E-state index contributed by atoms with van der Waals surface area (Å²) < 4.78 is 20.6. The van der Waals surface area contributed by atoms with Gasteiger partial charge in [0.2, 0.25) is 0 Å². The minimum Gasteiger partial charge on any atom is -0.403 e. The number of hydrogen-bond acceptors (Lipinski definition) is 5. The Morgan fingerprint density at radius 3 is 2.10 bits per heavy atom. The highest BCUT2D eigenvalue weighted by Gasteiger charge is 2.72. The third-order valence-corrected chi connectivity index (χ3v) is 19.0. The zero-order valence-electron chi connectivity index (χ0n) is 30.8. The maximum absolute atomic E-state index is 14.0. The first kappa shape index (κ1) is 35.7. The molecule has 0 amide bonds.